The Hall–Kier alpha value is -3.59. The van der Waals surface area contributed by atoms with Crippen LogP contribution in [0.25, 0.3) is 0 Å². The molecule has 1 aromatic carbocycles. The molecule has 1 aliphatic heterocycles. The molecule has 270 valence electrons. The van der Waals surface area contributed by atoms with Crippen molar-refractivity contribution in [2.75, 3.05) is 25.5 Å². The van der Waals surface area contributed by atoms with E-state index in [1.165, 1.54) is 30.1 Å². The molecule has 0 aromatic heterocycles. The van der Waals surface area contributed by atoms with Gasteiger partial charge in [-0.2, -0.15) is 0 Å². The molecule has 0 aliphatic carbocycles. The molecule has 2 rings (SSSR count). The van der Waals surface area contributed by atoms with Crippen LogP contribution in [0.15, 0.2) is 18.2 Å². The summed E-state index contributed by atoms with van der Waals surface area (Å²) in [5.74, 6) is -1.38. The first-order valence-corrected chi connectivity index (χ1v) is 16.1. The van der Waals surface area contributed by atoms with Crippen molar-refractivity contribution in [3.8, 4) is 5.75 Å². The van der Waals surface area contributed by atoms with Crippen LogP contribution in [0.5, 0.6) is 5.75 Å². The standard InChI is InChI=1S/C34H52N2O12/c1-20(37)29-27(41)26(40)28(42)30(48-29)47-24-13-12-21(19-46-32(44)36(8)16-17-45-31(43)34(5,6)7)18-23(24)35-25(39)11-9-10-22(38)14-15-33(2,3)4/h12-13,18,26-30,40-42H,9-11,14-17,19H2,1-8H3,(H,35,39)/t26-,27-,28+,29+,30+/m0/s1. The minimum Gasteiger partial charge on any atom is -0.463 e. The van der Waals surface area contributed by atoms with E-state index in [0.29, 0.717) is 18.4 Å². The van der Waals surface area contributed by atoms with Gasteiger partial charge in [-0.05, 0) is 63.6 Å². The fourth-order valence-electron chi connectivity index (χ4n) is 4.41. The number of hydrogen-bond donors (Lipinski definition) is 4. The molecule has 0 unspecified atom stereocenters. The Labute approximate surface area is 282 Å². The first kappa shape index (κ1) is 40.6. The molecule has 1 fully saturated rings. The zero-order chi connectivity index (χ0) is 36.4. The van der Waals surface area contributed by atoms with Crippen molar-refractivity contribution in [3.05, 3.63) is 23.8 Å². The highest BCUT2D eigenvalue weighted by Gasteiger charge is 2.47. The first-order chi connectivity index (χ1) is 22.2. The predicted octanol–water partition coefficient (Wildman–Crippen LogP) is 3.12. The van der Waals surface area contributed by atoms with Crippen LogP contribution in [0.1, 0.15) is 86.1 Å². The van der Waals surface area contributed by atoms with Crippen molar-refractivity contribution in [2.45, 2.75) is 118 Å². The van der Waals surface area contributed by atoms with Crippen LogP contribution < -0.4 is 10.1 Å². The van der Waals surface area contributed by atoms with E-state index >= 15 is 0 Å². The lowest BCUT2D eigenvalue weighted by Gasteiger charge is -2.39. The Bertz CT molecular complexity index is 1290. The summed E-state index contributed by atoms with van der Waals surface area (Å²) in [6.45, 7) is 12.3. The van der Waals surface area contributed by atoms with Crippen molar-refractivity contribution in [3.63, 3.8) is 0 Å². The van der Waals surface area contributed by atoms with Crippen molar-refractivity contribution in [1.82, 2.24) is 4.90 Å². The number of amides is 2. The van der Waals surface area contributed by atoms with Gasteiger partial charge in [0.1, 0.15) is 49.2 Å². The van der Waals surface area contributed by atoms with Crippen LogP contribution in [-0.4, -0.2) is 101 Å². The highest BCUT2D eigenvalue weighted by molar-refractivity contribution is 5.92. The van der Waals surface area contributed by atoms with E-state index < -0.39 is 59.9 Å². The maximum absolute atomic E-state index is 12.9. The van der Waals surface area contributed by atoms with E-state index in [1.807, 2.05) is 0 Å². The number of carbonyl (C=O) groups is 5. The molecular weight excluding hydrogens is 628 g/mol. The molecule has 2 amide bonds. The number of esters is 1. The molecule has 4 N–H and O–H groups in total. The van der Waals surface area contributed by atoms with E-state index in [-0.39, 0.29) is 55.2 Å². The Morgan fingerprint density at radius 3 is 2.19 bits per heavy atom. The van der Waals surface area contributed by atoms with Crippen molar-refractivity contribution < 1.29 is 58.2 Å². The molecule has 1 saturated heterocycles. The molecule has 1 aliphatic rings. The van der Waals surface area contributed by atoms with Gasteiger partial charge in [0.15, 0.2) is 5.78 Å². The van der Waals surface area contributed by atoms with E-state index in [4.69, 9.17) is 18.9 Å². The van der Waals surface area contributed by atoms with Gasteiger partial charge in [0.05, 0.1) is 17.6 Å². The second-order valence-corrected chi connectivity index (χ2v) is 14.3. The topological polar surface area (TPSA) is 198 Å². The maximum Gasteiger partial charge on any atom is 0.409 e. The normalized spacial score (nSPS) is 21.2. The summed E-state index contributed by atoms with van der Waals surface area (Å²) in [4.78, 5) is 63.0. The van der Waals surface area contributed by atoms with Crippen LogP contribution in [-0.2, 0) is 40.0 Å². The average molecular weight is 681 g/mol. The minimum absolute atomic E-state index is 0.00703. The molecule has 0 bridgehead atoms. The summed E-state index contributed by atoms with van der Waals surface area (Å²) in [5.41, 5.74) is -0.111. The van der Waals surface area contributed by atoms with Gasteiger partial charge in [-0.15, -0.1) is 0 Å². The Morgan fingerprint density at radius 1 is 0.917 bits per heavy atom. The van der Waals surface area contributed by atoms with Gasteiger partial charge in [0.2, 0.25) is 12.2 Å². The largest absolute Gasteiger partial charge is 0.463 e. The van der Waals surface area contributed by atoms with Crippen LogP contribution in [0.4, 0.5) is 10.5 Å². The Morgan fingerprint density at radius 2 is 1.58 bits per heavy atom. The summed E-state index contributed by atoms with van der Waals surface area (Å²) in [7, 11) is 1.48. The molecule has 48 heavy (non-hydrogen) atoms. The van der Waals surface area contributed by atoms with Gasteiger partial charge in [-0.25, -0.2) is 4.79 Å². The number of anilines is 1. The fraction of sp³-hybridized carbons (Fsp3) is 0.676. The summed E-state index contributed by atoms with van der Waals surface area (Å²) in [6, 6.07) is 4.42. The molecule has 1 aromatic rings. The number of nitrogens with one attached hydrogen (secondary N) is 1. The Kier molecular flexibility index (Phi) is 15.0. The number of aliphatic hydroxyl groups is 3. The number of benzene rings is 1. The van der Waals surface area contributed by atoms with Crippen LogP contribution in [0.3, 0.4) is 0 Å². The second-order valence-electron chi connectivity index (χ2n) is 14.3. The van der Waals surface area contributed by atoms with Crippen LogP contribution in [0.2, 0.25) is 0 Å². The number of rotatable bonds is 15. The van der Waals surface area contributed by atoms with Gasteiger partial charge in [0, 0.05) is 26.3 Å². The number of aliphatic hydroxyl groups excluding tert-OH is 3. The molecular formula is C34H52N2O12. The van der Waals surface area contributed by atoms with E-state index in [1.54, 1.807) is 20.8 Å². The highest BCUT2D eigenvalue weighted by atomic mass is 16.7. The number of ether oxygens (including phenoxy) is 4. The van der Waals surface area contributed by atoms with Gasteiger partial charge in [-0.3, -0.25) is 19.2 Å². The fourth-order valence-corrected chi connectivity index (χ4v) is 4.41. The monoisotopic (exact) mass is 680 g/mol. The summed E-state index contributed by atoms with van der Waals surface area (Å²) < 4.78 is 21.8. The van der Waals surface area contributed by atoms with Crippen molar-refractivity contribution in [1.29, 1.82) is 0 Å². The molecule has 14 heteroatoms. The SMILES string of the molecule is CC(=O)[C@H]1O[C@@H](Oc2ccc(COC(=O)N(C)CCOC(=O)C(C)(C)C)cc2NC(=O)CCCC(=O)CCC(C)(C)C)[C@H](O)[C@@H](O)[C@@H]1O. The number of likely N-dealkylation sites (N-methyl/N-ethyl adjacent to an activating group) is 1. The molecule has 14 nitrogen and oxygen atoms in total. The van der Waals surface area contributed by atoms with Gasteiger partial charge in [-0.1, -0.05) is 26.8 Å². The summed E-state index contributed by atoms with van der Waals surface area (Å²) in [5, 5.41) is 33.7. The molecule has 5 atom stereocenters. The zero-order valence-corrected chi connectivity index (χ0v) is 29.2. The highest BCUT2D eigenvalue weighted by Crippen LogP contribution is 2.31. The smallest absolute Gasteiger partial charge is 0.409 e. The third-order valence-corrected chi connectivity index (χ3v) is 7.49. The number of carbonyl (C=O) groups excluding carboxylic acids is 5. The lowest BCUT2D eigenvalue weighted by molar-refractivity contribution is -0.265. The third kappa shape index (κ3) is 13.1. The minimum atomic E-state index is -1.75. The van der Waals surface area contributed by atoms with E-state index in [9.17, 15) is 39.3 Å². The van der Waals surface area contributed by atoms with Crippen LogP contribution in [0, 0.1) is 10.8 Å². The van der Waals surface area contributed by atoms with Gasteiger partial charge in [0.25, 0.3) is 0 Å². The van der Waals surface area contributed by atoms with Crippen molar-refractivity contribution >= 4 is 35.2 Å². The molecule has 0 radical (unpaired) electrons. The number of nitrogens with zero attached hydrogens (tertiary/aromatic N) is 1. The van der Waals surface area contributed by atoms with E-state index in [2.05, 4.69) is 26.1 Å². The molecule has 0 spiro atoms. The van der Waals surface area contributed by atoms with Gasteiger partial charge < -0.3 is 44.5 Å². The summed E-state index contributed by atoms with van der Waals surface area (Å²) in [6.07, 6.45) is -7.17. The Balaban J connectivity index is 2.14. The maximum atomic E-state index is 12.9. The summed E-state index contributed by atoms with van der Waals surface area (Å²) >= 11 is 0. The molecule has 1 heterocycles. The first-order valence-electron chi connectivity index (χ1n) is 16.1. The number of Topliss-reactive ketones (excluding diaryl/α,β-unsaturated/α-hetero) is 2. The second kappa shape index (κ2) is 17.7. The predicted molar refractivity (Wildman–Crippen MR) is 174 cm³/mol. The number of hydrogen-bond acceptors (Lipinski definition) is 12. The number of ketones is 2. The quantitative estimate of drug-likeness (QED) is 0.198. The third-order valence-electron chi connectivity index (χ3n) is 7.49. The zero-order valence-electron chi connectivity index (χ0n) is 29.2. The lowest BCUT2D eigenvalue weighted by Crippen LogP contribution is -2.60. The van der Waals surface area contributed by atoms with Gasteiger partial charge >= 0.3 is 12.1 Å². The van der Waals surface area contributed by atoms with E-state index in [0.717, 1.165) is 13.3 Å². The average Bonchev–Trinajstić information content (AvgIpc) is 2.98. The molecule has 0 saturated carbocycles. The van der Waals surface area contributed by atoms with Crippen LogP contribution >= 0.6 is 0 Å². The lowest BCUT2D eigenvalue weighted by atomic mass is 9.89. The van der Waals surface area contributed by atoms with Crippen molar-refractivity contribution in [2.24, 2.45) is 10.8 Å².